The summed E-state index contributed by atoms with van der Waals surface area (Å²) in [6.07, 6.45) is 3.10. The second-order valence-electron chi connectivity index (χ2n) is 3.61. The number of pyridine rings is 1. The zero-order valence-electron chi connectivity index (χ0n) is 9.54. The van der Waals surface area contributed by atoms with Crippen molar-refractivity contribution in [3.8, 4) is 0 Å². The molecule has 19 heavy (non-hydrogen) atoms. The fraction of sp³-hybridized carbons (Fsp3) is 0. The molecule has 1 N–H and O–H groups in total. The molecule has 2 rings (SSSR count). The number of nitrogens with zero attached hydrogens (tertiary/aromatic N) is 2. The summed E-state index contributed by atoms with van der Waals surface area (Å²) in [6, 6.07) is 7.45. The number of benzene rings is 1. The SMILES string of the molecule is O=C(Nc1ccncc1)c1cc([N+](=O)[O-])ccc1I. The lowest BCUT2D eigenvalue weighted by Crippen LogP contribution is -2.13. The number of hydrogen-bond donors (Lipinski definition) is 1. The Bertz CT molecular complexity index is 631. The van der Waals surface area contributed by atoms with Gasteiger partial charge in [-0.2, -0.15) is 0 Å². The lowest BCUT2D eigenvalue weighted by atomic mass is 10.2. The maximum atomic E-state index is 12.1. The van der Waals surface area contributed by atoms with E-state index in [1.54, 1.807) is 30.6 Å². The molecule has 0 spiro atoms. The van der Waals surface area contributed by atoms with E-state index in [9.17, 15) is 14.9 Å². The van der Waals surface area contributed by atoms with Crippen LogP contribution in [0.2, 0.25) is 0 Å². The van der Waals surface area contributed by atoms with Crippen LogP contribution in [0.25, 0.3) is 0 Å². The van der Waals surface area contributed by atoms with Gasteiger partial charge in [-0.15, -0.1) is 0 Å². The van der Waals surface area contributed by atoms with Crippen LogP contribution in [0.4, 0.5) is 11.4 Å². The second-order valence-corrected chi connectivity index (χ2v) is 4.77. The number of aromatic nitrogens is 1. The minimum Gasteiger partial charge on any atom is -0.322 e. The molecular weight excluding hydrogens is 361 g/mol. The maximum Gasteiger partial charge on any atom is 0.270 e. The number of nitro groups is 1. The Labute approximate surface area is 122 Å². The van der Waals surface area contributed by atoms with Crippen LogP contribution < -0.4 is 5.32 Å². The first kappa shape index (κ1) is 13.4. The summed E-state index contributed by atoms with van der Waals surface area (Å²) >= 11 is 1.96. The van der Waals surface area contributed by atoms with Gasteiger partial charge in [0.05, 0.1) is 10.5 Å². The summed E-state index contributed by atoms with van der Waals surface area (Å²) in [5.41, 5.74) is 0.745. The normalized spacial score (nSPS) is 9.95. The monoisotopic (exact) mass is 369 g/mol. The standard InChI is InChI=1S/C12H8IN3O3/c13-11-2-1-9(16(18)19)7-10(11)12(17)15-8-3-5-14-6-4-8/h1-7H,(H,14,15,17). The molecule has 0 saturated carbocycles. The van der Waals surface area contributed by atoms with Gasteiger partial charge in [0.2, 0.25) is 0 Å². The highest BCUT2D eigenvalue weighted by Gasteiger charge is 2.15. The molecule has 7 heteroatoms. The van der Waals surface area contributed by atoms with Gasteiger partial charge in [-0.1, -0.05) is 0 Å². The van der Waals surface area contributed by atoms with Gasteiger partial charge in [-0.05, 0) is 40.8 Å². The number of non-ortho nitro benzene ring substituents is 1. The minimum absolute atomic E-state index is 0.111. The first-order valence-electron chi connectivity index (χ1n) is 5.23. The van der Waals surface area contributed by atoms with Crippen LogP contribution in [-0.2, 0) is 0 Å². The van der Waals surface area contributed by atoms with Crippen molar-refractivity contribution in [3.05, 3.63) is 62.0 Å². The molecule has 0 radical (unpaired) electrons. The largest absolute Gasteiger partial charge is 0.322 e. The Hall–Kier alpha value is -2.03. The molecule has 1 amide bonds. The van der Waals surface area contributed by atoms with Gasteiger partial charge in [0.15, 0.2) is 0 Å². The van der Waals surface area contributed by atoms with Gasteiger partial charge < -0.3 is 5.32 Å². The van der Waals surface area contributed by atoms with E-state index in [1.807, 2.05) is 22.6 Å². The van der Waals surface area contributed by atoms with E-state index in [-0.39, 0.29) is 17.2 Å². The number of rotatable bonds is 3. The van der Waals surface area contributed by atoms with Crippen LogP contribution in [0.1, 0.15) is 10.4 Å². The number of anilines is 1. The molecule has 0 aliphatic heterocycles. The quantitative estimate of drug-likeness (QED) is 0.512. The Morgan fingerprint density at radius 1 is 1.26 bits per heavy atom. The van der Waals surface area contributed by atoms with Crippen molar-refractivity contribution in [2.45, 2.75) is 0 Å². The topological polar surface area (TPSA) is 85.1 Å². The van der Waals surface area contributed by atoms with Crippen molar-refractivity contribution in [1.82, 2.24) is 4.98 Å². The predicted molar refractivity (Wildman–Crippen MR) is 78.0 cm³/mol. The Morgan fingerprint density at radius 2 is 1.95 bits per heavy atom. The number of hydrogen-bond acceptors (Lipinski definition) is 4. The van der Waals surface area contributed by atoms with Gasteiger partial charge >= 0.3 is 0 Å². The third-order valence-corrected chi connectivity index (χ3v) is 3.28. The van der Waals surface area contributed by atoms with Crippen molar-refractivity contribution in [3.63, 3.8) is 0 Å². The molecule has 2 aromatic rings. The fourth-order valence-electron chi connectivity index (χ4n) is 1.43. The lowest BCUT2D eigenvalue weighted by Gasteiger charge is -2.06. The highest BCUT2D eigenvalue weighted by atomic mass is 127. The van der Waals surface area contributed by atoms with Gasteiger partial charge in [-0.3, -0.25) is 19.9 Å². The van der Waals surface area contributed by atoms with E-state index in [0.717, 1.165) is 0 Å². The van der Waals surface area contributed by atoms with E-state index in [4.69, 9.17) is 0 Å². The van der Waals surface area contributed by atoms with Crippen LogP contribution in [0, 0.1) is 13.7 Å². The molecule has 0 unspecified atom stereocenters. The summed E-state index contributed by atoms with van der Waals surface area (Å²) in [6.45, 7) is 0. The molecular formula is C12H8IN3O3. The summed E-state index contributed by atoms with van der Waals surface area (Å²) in [5.74, 6) is -0.390. The molecule has 0 atom stereocenters. The summed E-state index contributed by atoms with van der Waals surface area (Å²) in [4.78, 5) is 26.1. The number of halogens is 1. The Kier molecular flexibility index (Phi) is 4.05. The van der Waals surface area contributed by atoms with E-state index in [0.29, 0.717) is 9.26 Å². The van der Waals surface area contributed by atoms with Gasteiger partial charge in [0, 0.05) is 33.8 Å². The highest BCUT2D eigenvalue weighted by molar-refractivity contribution is 14.1. The molecule has 0 bridgehead atoms. The zero-order valence-corrected chi connectivity index (χ0v) is 11.7. The Morgan fingerprint density at radius 3 is 2.58 bits per heavy atom. The van der Waals surface area contributed by atoms with Crippen molar-refractivity contribution in [1.29, 1.82) is 0 Å². The third kappa shape index (κ3) is 3.25. The van der Waals surface area contributed by atoms with Crippen LogP contribution in [0.5, 0.6) is 0 Å². The van der Waals surface area contributed by atoms with E-state index in [1.165, 1.54) is 12.1 Å². The summed E-state index contributed by atoms with van der Waals surface area (Å²) < 4.78 is 0.648. The van der Waals surface area contributed by atoms with Gasteiger partial charge in [0.1, 0.15) is 0 Å². The first-order valence-corrected chi connectivity index (χ1v) is 6.31. The molecule has 0 aliphatic carbocycles. The van der Waals surface area contributed by atoms with Crippen LogP contribution in [0.3, 0.4) is 0 Å². The van der Waals surface area contributed by atoms with Crippen LogP contribution in [0.15, 0.2) is 42.7 Å². The average molecular weight is 369 g/mol. The molecule has 0 aliphatic rings. The third-order valence-electron chi connectivity index (χ3n) is 2.34. The van der Waals surface area contributed by atoms with Crippen molar-refractivity contribution in [2.24, 2.45) is 0 Å². The van der Waals surface area contributed by atoms with Crippen molar-refractivity contribution >= 4 is 39.9 Å². The average Bonchev–Trinajstić information content (AvgIpc) is 2.40. The predicted octanol–water partition coefficient (Wildman–Crippen LogP) is 2.85. The Balaban J connectivity index is 2.28. The lowest BCUT2D eigenvalue weighted by molar-refractivity contribution is -0.384. The zero-order chi connectivity index (χ0) is 13.8. The molecule has 1 heterocycles. The first-order chi connectivity index (χ1) is 9.08. The number of nitrogens with one attached hydrogen (secondary N) is 1. The molecule has 0 saturated heterocycles. The molecule has 1 aromatic carbocycles. The van der Waals surface area contributed by atoms with Gasteiger partial charge in [-0.25, -0.2) is 0 Å². The van der Waals surface area contributed by atoms with Crippen LogP contribution in [-0.4, -0.2) is 15.8 Å². The summed E-state index contributed by atoms with van der Waals surface area (Å²) in [5, 5.41) is 13.4. The van der Waals surface area contributed by atoms with E-state index in [2.05, 4.69) is 10.3 Å². The smallest absolute Gasteiger partial charge is 0.270 e. The number of amides is 1. The van der Waals surface area contributed by atoms with E-state index >= 15 is 0 Å². The second kappa shape index (κ2) is 5.74. The highest BCUT2D eigenvalue weighted by Crippen LogP contribution is 2.20. The molecule has 0 fully saturated rings. The molecule has 96 valence electrons. The number of nitro benzene ring substituents is 1. The molecule has 1 aromatic heterocycles. The summed E-state index contributed by atoms with van der Waals surface area (Å²) in [7, 11) is 0. The number of carbonyl (C=O) groups excluding carboxylic acids is 1. The number of carbonyl (C=O) groups is 1. The van der Waals surface area contributed by atoms with Crippen LogP contribution >= 0.6 is 22.6 Å². The van der Waals surface area contributed by atoms with E-state index < -0.39 is 4.92 Å². The van der Waals surface area contributed by atoms with Crippen molar-refractivity contribution in [2.75, 3.05) is 5.32 Å². The van der Waals surface area contributed by atoms with Gasteiger partial charge in [0.25, 0.3) is 11.6 Å². The maximum absolute atomic E-state index is 12.1. The van der Waals surface area contributed by atoms with Crippen molar-refractivity contribution < 1.29 is 9.72 Å². The molecule has 6 nitrogen and oxygen atoms in total. The minimum atomic E-state index is -0.528. The fourth-order valence-corrected chi connectivity index (χ4v) is 2.01.